The predicted molar refractivity (Wildman–Crippen MR) is 43.7 cm³/mol. The lowest BCUT2D eigenvalue weighted by atomic mass is 10.2. The van der Waals surface area contributed by atoms with E-state index in [0.717, 1.165) is 0 Å². The zero-order chi connectivity index (χ0) is 9.40. The standard InChI is InChI=1S/C8H16O4/c1-7(2)5-12-8(10)6-11-4-3-9/h7,9H,3-6H2,1-2H3. The van der Waals surface area contributed by atoms with Crippen LogP contribution in [-0.2, 0) is 14.3 Å². The number of hydrogen-bond acceptors (Lipinski definition) is 4. The molecule has 4 heteroatoms. The summed E-state index contributed by atoms with van der Waals surface area (Å²) in [6.45, 7) is 4.37. The summed E-state index contributed by atoms with van der Waals surface area (Å²) in [5.41, 5.74) is 0. The van der Waals surface area contributed by atoms with Gasteiger partial charge in [0.25, 0.3) is 0 Å². The van der Waals surface area contributed by atoms with Gasteiger partial charge in [-0.3, -0.25) is 0 Å². The van der Waals surface area contributed by atoms with Crippen LogP contribution in [0.4, 0.5) is 0 Å². The summed E-state index contributed by atoms with van der Waals surface area (Å²) >= 11 is 0. The van der Waals surface area contributed by atoms with E-state index in [0.29, 0.717) is 12.5 Å². The second-order valence-electron chi connectivity index (χ2n) is 2.85. The van der Waals surface area contributed by atoms with Crippen molar-refractivity contribution in [1.29, 1.82) is 0 Å². The molecule has 1 N–H and O–H groups in total. The van der Waals surface area contributed by atoms with Crippen LogP contribution in [0.3, 0.4) is 0 Å². The van der Waals surface area contributed by atoms with E-state index >= 15 is 0 Å². The van der Waals surface area contributed by atoms with Crippen LogP contribution < -0.4 is 0 Å². The van der Waals surface area contributed by atoms with E-state index in [4.69, 9.17) is 14.6 Å². The van der Waals surface area contributed by atoms with Gasteiger partial charge in [-0.25, -0.2) is 4.79 Å². The van der Waals surface area contributed by atoms with Crippen LogP contribution in [0.1, 0.15) is 13.8 Å². The molecule has 0 saturated heterocycles. The van der Waals surface area contributed by atoms with Crippen molar-refractivity contribution in [1.82, 2.24) is 0 Å². The Hall–Kier alpha value is -0.610. The van der Waals surface area contributed by atoms with E-state index in [1.54, 1.807) is 0 Å². The third-order valence-corrected chi connectivity index (χ3v) is 1.03. The van der Waals surface area contributed by atoms with Crippen molar-refractivity contribution in [2.75, 3.05) is 26.4 Å². The maximum Gasteiger partial charge on any atom is 0.332 e. The Balaban J connectivity index is 3.22. The van der Waals surface area contributed by atoms with E-state index < -0.39 is 0 Å². The molecule has 0 amide bonds. The molecule has 0 aliphatic heterocycles. The van der Waals surface area contributed by atoms with Crippen molar-refractivity contribution in [3.8, 4) is 0 Å². The molecule has 0 unspecified atom stereocenters. The van der Waals surface area contributed by atoms with E-state index in [9.17, 15) is 4.79 Å². The number of carbonyl (C=O) groups excluding carboxylic acids is 1. The van der Waals surface area contributed by atoms with Crippen LogP contribution in [0.15, 0.2) is 0 Å². The van der Waals surface area contributed by atoms with Gasteiger partial charge in [-0.2, -0.15) is 0 Å². The molecule has 0 fully saturated rings. The SMILES string of the molecule is CC(C)COC(=O)COCCO. The number of aliphatic hydroxyl groups excluding tert-OH is 1. The molecule has 0 aromatic carbocycles. The van der Waals surface area contributed by atoms with Gasteiger partial charge in [0.2, 0.25) is 0 Å². The van der Waals surface area contributed by atoms with Gasteiger partial charge in [-0.1, -0.05) is 13.8 Å². The summed E-state index contributed by atoms with van der Waals surface area (Å²) in [7, 11) is 0. The van der Waals surface area contributed by atoms with Crippen LogP contribution in [0.25, 0.3) is 0 Å². The zero-order valence-corrected chi connectivity index (χ0v) is 7.58. The first-order chi connectivity index (χ1) is 5.66. The van der Waals surface area contributed by atoms with Crippen molar-refractivity contribution < 1.29 is 19.4 Å². The quantitative estimate of drug-likeness (QED) is 0.464. The molecule has 0 atom stereocenters. The van der Waals surface area contributed by atoms with Crippen molar-refractivity contribution in [2.45, 2.75) is 13.8 Å². The van der Waals surface area contributed by atoms with Crippen molar-refractivity contribution >= 4 is 5.97 Å². The lowest BCUT2D eigenvalue weighted by Crippen LogP contribution is -2.16. The summed E-state index contributed by atoms with van der Waals surface area (Å²) in [4.78, 5) is 10.8. The van der Waals surface area contributed by atoms with Crippen LogP contribution >= 0.6 is 0 Å². The number of aliphatic hydroxyl groups is 1. The van der Waals surface area contributed by atoms with Gasteiger partial charge in [0, 0.05) is 0 Å². The number of carbonyl (C=O) groups is 1. The fourth-order valence-corrected chi connectivity index (χ4v) is 0.521. The molecule has 0 heterocycles. The van der Waals surface area contributed by atoms with Crippen molar-refractivity contribution in [3.63, 3.8) is 0 Å². The van der Waals surface area contributed by atoms with Crippen molar-refractivity contribution in [2.24, 2.45) is 5.92 Å². The first-order valence-corrected chi connectivity index (χ1v) is 4.01. The molecule has 0 spiro atoms. The predicted octanol–water partition coefficient (Wildman–Crippen LogP) is 0.194. The lowest BCUT2D eigenvalue weighted by molar-refractivity contribution is -0.150. The largest absolute Gasteiger partial charge is 0.464 e. The molecular formula is C8H16O4. The fourth-order valence-electron chi connectivity index (χ4n) is 0.521. The van der Waals surface area contributed by atoms with Crippen molar-refractivity contribution in [3.05, 3.63) is 0 Å². The zero-order valence-electron chi connectivity index (χ0n) is 7.58. The average Bonchev–Trinajstić information content (AvgIpc) is 2.01. The maximum absolute atomic E-state index is 10.8. The minimum Gasteiger partial charge on any atom is -0.464 e. The first kappa shape index (κ1) is 11.4. The normalized spacial score (nSPS) is 10.3. The van der Waals surface area contributed by atoms with E-state index in [-0.39, 0.29) is 25.8 Å². The van der Waals surface area contributed by atoms with Gasteiger partial charge in [-0.05, 0) is 5.92 Å². The van der Waals surface area contributed by atoms with Gasteiger partial charge >= 0.3 is 5.97 Å². The minimum absolute atomic E-state index is 0.0720. The lowest BCUT2D eigenvalue weighted by Gasteiger charge is -2.06. The summed E-state index contributed by atoms with van der Waals surface area (Å²) in [5, 5.41) is 8.32. The average molecular weight is 176 g/mol. The fraction of sp³-hybridized carbons (Fsp3) is 0.875. The highest BCUT2D eigenvalue weighted by Gasteiger charge is 2.03. The van der Waals surface area contributed by atoms with Gasteiger partial charge in [0.05, 0.1) is 19.8 Å². The number of esters is 1. The second kappa shape index (κ2) is 7.06. The third-order valence-electron chi connectivity index (χ3n) is 1.03. The van der Waals surface area contributed by atoms with Crippen LogP contribution in [0.2, 0.25) is 0 Å². The van der Waals surface area contributed by atoms with Gasteiger partial charge in [0.15, 0.2) is 0 Å². The molecular weight excluding hydrogens is 160 g/mol. The molecule has 0 aromatic rings. The van der Waals surface area contributed by atoms with E-state index in [1.807, 2.05) is 13.8 Å². The molecule has 12 heavy (non-hydrogen) atoms. The monoisotopic (exact) mass is 176 g/mol. The molecule has 72 valence electrons. The van der Waals surface area contributed by atoms with E-state index in [2.05, 4.69) is 0 Å². The molecule has 0 radical (unpaired) electrons. The molecule has 4 nitrogen and oxygen atoms in total. The van der Waals surface area contributed by atoms with E-state index in [1.165, 1.54) is 0 Å². The molecule has 0 aromatic heterocycles. The molecule has 0 aliphatic rings. The Kier molecular flexibility index (Phi) is 6.70. The van der Waals surface area contributed by atoms with Gasteiger partial charge in [0.1, 0.15) is 6.61 Å². The highest BCUT2D eigenvalue weighted by molar-refractivity contribution is 5.70. The number of ether oxygens (including phenoxy) is 2. The smallest absolute Gasteiger partial charge is 0.332 e. The molecule has 0 saturated carbocycles. The van der Waals surface area contributed by atoms with Crippen LogP contribution in [0, 0.1) is 5.92 Å². The minimum atomic E-state index is -0.378. The topological polar surface area (TPSA) is 55.8 Å². The summed E-state index contributed by atoms with van der Waals surface area (Å²) < 4.78 is 9.56. The Bertz CT molecular complexity index is 122. The maximum atomic E-state index is 10.8. The Morgan fingerprint density at radius 1 is 1.50 bits per heavy atom. The van der Waals surface area contributed by atoms with Gasteiger partial charge < -0.3 is 14.6 Å². The first-order valence-electron chi connectivity index (χ1n) is 4.01. The highest BCUT2D eigenvalue weighted by Crippen LogP contribution is 1.92. The summed E-state index contributed by atoms with van der Waals surface area (Å²) in [5.74, 6) is -0.0380. The van der Waals surface area contributed by atoms with Gasteiger partial charge in [-0.15, -0.1) is 0 Å². The highest BCUT2D eigenvalue weighted by atomic mass is 16.6. The molecule has 0 aliphatic carbocycles. The molecule has 0 bridgehead atoms. The summed E-state index contributed by atoms with van der Waals surface area (Å²) in [6.07, 6.45) is 0. The Labute approximate surface area is 72.5 Å². The number of hydrogen-bond donors (Lipinski definition) is 1. The van der Waals surface area contributed by atoms with Crippen LogP contribution in [-0.4, -0.2) is 37.5 Å². The Morgan fingerprint density at radius 3 is 2.67 bits per heavy atom. The Morgan fingerprint density at radius 2 is 2.17 bits per heavy atom. The van der Waals surface area contributed by atoms with Crippen LogP contribution in [0.5, 0.6) is 0 Å². The molecule has 0 rings (SSSR count). The third kappa shape index (κ3) is 7.50. The summed E-state index contributed by atoms with van der Waals surface area (Å²) in [6, 6.07) is 0. The number of rotatable bonds is 6. The second-order valence-corrected chi connectivity index (χ2v) is 2.85.